The first-order chi connectivity index (χ1) is 10.1. The fourth-order valence-corrected chi connectivity index (χ4v) is 4.13. The molecule has 4 heteroatoms. The quantitative estimate of drug-likeness (QED) is 0.796. The van der Waals surface area contributed by atoms with E-state index in [4.69, 9.17) is 0 Å². The third kappa shape index (κ3) is 5.06. The van der Waals surface area contributed by atoms with E-state index in [1.165, 1.54) is 42.4 Å². The minimum absolute atomic E-state index is 0.559. The van der Waals surface area contributed by atoms with Crippen LogP contribution in [0.3, 0.4) is 0 Å². The van der Waals surface area contributed by atoms with Crippen LogP contribution in [0, 0.1) is 0 Å². The predicted octanol–water partition coefficient (Wildman–Crippen LogP) is 3.16. The van der Waals surface area contributed by atoms with E-state index >= 15 is 0 Å². The maximum absolute atomic E-state index is 3.50. The smallest absolute Gasteiger partial charge is 0.0328 e. The predicted molar refractivity (Wildman–Crippen MR) is 92.9 cm³/mol. The van der Waals surface area contributed by atoms with Gasteiger partial charge in [0.1, 0.15) is 0 Å². The van der Waals surface area contributed by atoms with Gasteiger partial charge in [-0.25, -0.2) is 0 Å². The minimum Gasteiger partial charge on any atom is -0.310 e. The highest BCUT2D eigenvalue weighted by Crippen LogP contribution is 2.22. The summed E-state index contributed by atoms with van der Waals surface area (Å²) in [6, 6.07) is 5.92. The van der Waals surface area contributed by atoms with Crippen LogP contribution in [0.25, 0.3) is 0 Å². The topological polar surface area (TPSA) is 18.5 Å². The van der Waals surface area contributed by atoms with Crippen molar-refractivity contribution in [2.45, 2.75) is 59.3 Å². The summed E-state index contributed by atoms with van der Waals surface area (Å²) in [5, 5.41) is 3.50. The summed E-state index contributed by atoms with van der Waals surface area (Å²) in [6.07, 6.45) is 1.33. The second-order valence-electron chi connectivity index (χ2n) is 6.30. The van der Waals surface area contributed by atoms with Gasteiger partial charge in [0.15, 0.2) is 0 Å². The van der Waals surface area contributed by atoms with Crippen molar-refractivity contribution in [3.05, 3.63) is 21.9 Å². The van der Waals surface area contributed by atoms with E-state index in [9.17, 15) is 0 Å². The molecule has 1 aromatic rings. The lowest BCUT2D eigenvalue weighted by Crippen LogP contribution is -2.37. The van der Waals surface area contributed by atoms with Gasteiger partial charge >= 0.3 is 0 Å². The van der Waals surface area contributed by atoms with Crippen molar-refractivity contribution in [2.24, 2.45) is 0 Å². The van der Waals surface area contributed by atoms with E-state index in [-0.39, 0.29) is 0 Å². The number of likely N-dealkylation sites (tertiary alicyclic amines) is 1. The summed E-state index contributed by atoms with van der Waals surface area (Å²) in [6.45, 7) is 15.9. The first-order valence-electron chi connectivity index (χ1n) is 8.39. The molecule has 0 radical (unpaired) electrons. The van der Waals surface area contributed by atoms with Gasteiger partial charge in [0.25, 0.3) is 0 Å². The van der Waals surface area contributed by atoms with Crippen molar-refractivity contribution in [1.82, 2.24) is 15.1 Å². The van der Waals surface area contributed by atoms with Gasteiger partial charge in [-0.1, -0.05) is 27.7 Å². The molecule has 0 spiro atoms. The van der Waals surface area contributed by atoms with Gasteiger partial charge in [0.2, 0.25) is 0 Å². The lowest BCUT2D eigenvalue weighted by atomic mass is 10.2. The van der Waals surface area contributed by atoms with Crippen LogP contribution in [-0.4, -0.2) is 48.1 Å². The SMILES string of the molecule is CCN(CC)C1CCN(Cc2ccc(CNC(C)C)s2)C1. The molecule has 1 aromatic heterocycles. The van der Waals surface area contributed by atoms with Crippen LogP contribution >= 0.6 is 11.3 Å². The molecule has 1 saturated heterocycles. The molecule has 0 aromatic carbocycles. The van der Waals surface area contributed by atoms with Gasteiger partial charge < -0.3 is 5.32 Å². The Morgan fingerprint density at radius 1 is 1.29 bits per heavy atom. The first-order valence-corrected chi connectivity index (χ1v) is 9.21. The van der Waals surface area contributed by atoms with Crippen LogP contribution < -0.4 is 5.32 Å². The number of nitrogens with zero attached hydrogens (tertiary/aromatic N) is 2. The number of hydrogen-bond acceptors (Lipinski definition) is 4. The van der Waals surface area contributed by atoms with Crippen molar-refractivity contribution < 1.29 is 0 Å². The van der Waals surface area contributed by atoms with E-state index in [1.54, 1.807) is 0 Å². The van der Waals surface area contributed by atoms with Gasteiger partial charge in [-0.2, -0.15) is 0 Å². The van der Waals surface area contributed by atoms with Crippen LogP contribution in [-0.2, 0) is 13.1 Å². The zero-order chi connectivity index (χ0) is 15.2. The highest BCUT2D eigenvalue weighted by Gasteiger charge is 2.26. The molecule has 21 heavy (non-hydrogen) atoms. The Bertz CT molecular complexity index is 412. The zero-order valence-corrected chi connectivity index (χ0v) is 14.9. The Labute approximate surface area is 134 Å². The molecule has 1 aliphatic rings. The van der Waals surface area contributed by atoms with Crippen LogP contribution in [0.15, 0.2) is 12.1 Å². The summed E-state index contributed by atoms with van der Waals surface area (Å²) in [5.74, 6) is 0. The number of rotatable bonds is 8. The monoisotopic (exact) mass is 309 g/mol. The molecular weight excluding hydrogens is 278 g/mol. The highest BCUT2D eigenvalue weighted by molar-refractivity contribution is 7.11. The van der Waals surface area contributed by atoms with Crippen LogP contribution in [0.1, 0.15) is 43.9 Å². The standard InChI is InChI=1S/C17H31N3S/c1-5-20(6-2)15-9-10-19(12-15)13-17-8-7-16(21-17)11-18-14(3)4/h7-8,14-15,18H,5-6,9-13H2,1-4H3. The third-order valence-corrected chi connectivity index (χ3v) is 5.43. The molecule has 2 heterocycles. The highest BCUT2D eigenvalue weighted by atomic mass is 32.1. The van der Waals surface area contributed by atoms with Crippen LogP contribution in [0.5, 0.6) is 0 Å². The largest absolute Gasteiger partial charge is 0.310 e. The van der Waals surface area contributed by atoms with E-state index in [2.05, 4.69) is 54.9 Å². The Balaban J connectivity index is 1.80. The zero-order valence-electron chi connectivity index (χ0n) is 14.1. The second-order valence-corrected chi connectivity index (χ2v) is 7.56. The van der Waals surface area contributed by atoms with E-state index in [0.717, 1.165) is 19.1 Å². The number of likely N-dealkylation sites (N-methyl/N-ethyl adjacent to an activating group) is 1. The molecule has 0 saturated carbocycles. The molecule has 0 aliphatic carbocycles. The van der Waals surface area contributed by atoms with Crippen molar-refractivity contribution in [3.8, 4) is 0 Å². The number of thiophene rings is 1. The van der Waals surface area contributed by atoms with Crippen LogP contribution in [0.2, 0.25) is 0 Å². The minimum atomic E-state index is 0.559. The van der Waals surface area contributed by atoms with Crippen molar-refractivity contribution in [2.75, 3.05) is 26.2 Å². The fourth-order valence-electron chi connectivity index (χ4n) is 3.12. The fraction of sp³-hybridized carbons (Fsp3) is 0.765. The number of hydrogen-bond donors (Lipinski definition) is 1. The molecule has 120 valence electrons. The molecule has 1 aliphatic heterocycles. The molecule has 3 nitrogen and oxygen atoms in total. The Hall–Kier alpha value is -0.420. The average molecular weight is 310 g/mol. The summed E-state index contributed by atoms with van der Waals surface area (Å²) < 4.78 is 0. The normalized spacial score (nSPS) is 20.0. The first kappa shape index (κ1) is 16.9. The average Bonchev–Trinajstić information content (AvgIpc) is 3.08. The van der Waals surface area contributed by atoms with Gasteiger partial charge in [0.05, 0.1) is 0 Å². The van der Waals surface area contributed by atoms with Gasteiger partial charge in [-0.3, -0.25) is 9.80 Å². The molecule has 0 amide bonds. The van der Waals surface area contributed by atoms with Crippen molar-refractivity contribution in [1.29, 1.82) is 0 Å². The summed E-state index contributed by atoms with van der Waals surface area (Å²) in [5.41, 5.74) is 0. The lowest BCUT2D eigenvalue weighted by molar-refractivity contribution is 0.209. The van der Waals surface area contributed by atoms with E-state index in [0.29, 0.717) is 6.04 Å². The molecule has 1 atom stereocenters. The van der Waals surface area contributed by atoms with Crippen LogP contribution in [0.4, 0.5) is 0 Å². The van der Waals surface area contributed by atoms with Gasteiger partial charge in [-0.15, -0.1) is 11.3 Å². The molecule has 2 rings (SSSR count). The summed E-state index contributed by atoms with van der Waals surface area (Å²) in [7, 11) is 0. The summed E-state index contributed by atoms with van der Waals surface area (Å²) >= 11 is 1.97. The summed E-state index contributed by atoms with van der Waals surface area (Å²) in [4.78, 5) is 8.19. The van der Waals surface area contributed by atoms with E-state index < -0.39 is 0 Å². The maximum atomic E-state index is 3.50. The third-order valence-electron chi connectivity index (χ3n) is 4.36. The van der Waals surface area contributed by atoms with Crippen molar-refractivity contribution >= 4 is 11.3 Å². The molecule has 0 bridgehead atoms. The molecule has 1 unspecified atom stereocenters. The van der Waals surface area contributed by atoms with Crippen molar-refractivity contribution in [3.63, 3.8) is 0 Å². The lowest BCUT2D eigenvalue weighted by Gasteiger charge is -2.26. The maximum Gasteiger partial charge on any atom is 0.0328 e. The Kier molecular flexibility index (Phi) is 6.68. The molecular formula is C17H31N3S. The number of nitrogens with one attached hydrogen (secondary N) is 1. The van der Waals surface area contributed by atoms with Gasteiger partial charge in [-0.05, 0) is 31.6 Å². The molecule has 1 N–H and O–H groups in total. The Morgan fingerprint density at radius 2 is 2.00 bits per heavy atom. The molecule has 1 fully saturated rings. The Morgan fingerprint density at radius 3 is 2.67 bits per heavy atom. The second kappa shape index (κ2) is 8.28. The van der Waals surface area contributed by atoms with Gasteiger partial charge in [0, 0.05) is 48.0 Å². The van der Waals surface area contributed by atoms with E-state index in [1.807, 2.05) is 11.3 Å².